The lowest BCUT2D eigenvalue weighted by atomic mass is 10.1. The molecule has 160 valence electrons. The number of piperidine rings is 1. The molecule has 1 unspecified atom stereocenters. The van der Waals surface area contributed by atoms with E-state index in [2.05, 4.69) is 0 Å². The Bertz CT molecular complexity index is 1120. The summed E-state index contributed by atoms with van der Waals surface area (Å²) in [4.78, 5) is 34.5. The van der Waals surface area contributed by atoms with Gasteiger partial charge >= 0.3 is 0 Å². The second-order valence-electron chi connectivity index (χ2n) is 8.37. The molecular formula is C24H25ClN4O2. The van der Waals surface area contributed by atoms with E-state index in [4.69, 9.17) is 16.6 Å². The third-order valence-electron chi connectivity index (χ3n) is 6.31. The highest BCUT2D eigenvalue weighted by Crippen LogP contribution is 2.33. The molecule has 5 rings (SSSR count). The van der Waals surface area contributed by atoms with E-state index in [0.717, 1.165) is 48.5 Å². The lowest BCUT2D eigenvalue weighted by Crippen LogP contribution is -2.38. The average molecular weight is 437 g/mol. The minimum absolute atomic E-state index is 0.0632. The van der Waals surface area contributed by atoms with E-state index in [1.165, 1.54) is 6.42 Å². The Labute approximate surface area is 186 Å². The molecule has 2 saturated heterocycles. The number of rotatable bonds is 4. The summed E-state index contributed by atoms with van der Waals surface area (Å²) in [5, 5.41) is 0.643. The van der Waals surface area contributed by atoms with Crippen molar-refractivity contribution in [3.8, 4) is 0 Å². The highest BCUT2D eigenvalue weighted by atomic mass is 35.5. The fraction of sp³-hybridized carbons (Fsp3) is 0.375. The molecule has 31 heavy (non-hydrogen) atoms. The van der Waals surface area contributed by atoms with Crippen LogP contribution in [0.4, 0.5) is 5.69 Å². The Balaban J connectivity index is 1.45. The van der Waals surface area contributed by atoms with Gasteiger partial charge in [0.2, 0.25) is 11.8 Å². The molecule has 0 spiro atoms. The van der Waals surface area contributed by atoms with Crippen molar-refractivity contribution < 1.29 is 9.59 Å². The molecule has 1 atom stereocenters. The van der Waals surface area contributed by atoms with Gasteiger partial charge in [-0.2, -0.15) is 0 Å². The normalized spacial score (nSPS) is 19.4. The number of hydrogen-bond acceptors (Lipinski definition) is 3. The van der Waals surface area contributed by atoms with Crippen LogP contribution in [0.5, 0.6) is 0 Å². The predicted molar refractivity (Wildman–Crippen MR) is 121 cm³/mol. The van der Waals surface area contributed by atoms with Crippen LogP contribution in [-0.4, -0.2) is 45.9 Å². The van der Waals surface area contributed by atoms with E-state index in [1.807, 2.05) is 45.9 Å². The van der Waals surface area contributed by atoms with E-state index < -0.39 is 0 Å². The zero-order valence-corrected chi connectivity index (χ0v) is 18.1. The summed E-state index contributed by atoms with van der Waals surface area (Å²) >= 11 is 6.01. The highest BCUT2D eigenvalue weighted by molar-refractivity contribution is 6.30. The molecule has 0 N–H and O–H groups in total. The number of imidazole rings is 1. The number of para-hydroxylation sites is 2. The largest absolute Gasteiger partial charge is 0.341 e. The Morgan fingerprint density at radius 1 is 1.03 bits per heavy atom. The van der Waals surface area contributed by atoms with Gasteiger partial charge in [0.1, 0.15) is 12.4 Å². The van der Waals surface area contributed by atoms with Gasteiger partial charge in [0.15, 0.2) is 0 Å². The standard InChI is InChI=1S/C24H25ClN4O2/c25-18-8-10-19(11-9-18)28-15-17(14-22(28)30)24-26-20-6-2-3-7-21(20)29(24)16-23(31)27-12-4-1-5-13-27/h2-3,6-11,17H,1,4-5,12-16H2. The number of amides is 2. The van der Waals surface area contributed by atoms with Gasteiger partial charge in [-0.05, 0) is 55.7 Å². The summed E-state index contributed by atoms with van der Waals surface area (Å²) in [6.45, 7) is 2.46. The molecule has 0 saturated carbocycles. The molecule has 0 radical (unpaired) electrons. The monoisotopic (exact) mass is 436 g/mol. The number of halogens is 1. The lowest BCUT2D eigenvalue weighted by Gasteiger charge is -2.27. The van der Waals surface area contributed by atoms with Gasteiger partial charge in [-0.3, -0.25) is 9.59 Å². The second kappa shape index (κ2) is 8.35. The zero-order valence-electron chi connectivity index (χ0n) is 17.3. The van der Waals surface area contributed by atoms with Crippen LogP contribution in [0.1, 0.15) is 37.4 Å². The maximum absolute atomic E-state index is 13.0. The molecule has 3 heterocycles. The highest BCUT2D eigenvalue weighted by Gasteiger charge is 2.35. The Morgan fingerprint density at radius 2 is 1.77 bits per heavy atom. The number of fused-ring (bicyclic) bond motifs is 1. The first-order valence-corrected chi connectivity index (χ1v) is 11.3. The fourth-order valence-electron chi connectivity index (χ4n) is 4.70. The first kappa shape index (κ1) is 20.1. The minimum Gasteiger partial charge on any atom is -0.341 e. The van der Waals surface area contributed by atoms with E-state index in [1.54, 1.807) is 17.0 Å². The number of carbonyl (C=O) groups excluding carboxylic acids is 2. The van der Waals surface area contributed by atoms with Gasteiger partial charge in [-0.1, -0.05) is 23.7 Å². The number of benzene rings is 2. The zero-order chi connectivity index (χ0) is 21.4. The van der Waals surface area contributed by atoms with Crippen LogP contribution in [0.2, 0.25) is 5.02 Å². The molecule has 3 aromatic rings. The number of likely N-dealkylation sites (tertiary alicyclic amines) is 1. The van der Waals surface area contributed by atoms with Gasteiger partial charge in [-0.15, -0.1) is 0 Å². The molecule has 2 aliphatic heterocycles. The van der Waals surface area contributed by atoms with Gasteiger partial charge < -0.3 is 14.4 Å². The summed E-state index contributed by atoms with van der Waals surface area (Å²) in [5.41, 5.74) is 2.64. The molecule has 0 aliphatic carbocycles. The molecule has 2 amide bonds. The molecule has 7 heteroatoms. The van der Waals surface area contributed by atoms with Crippen LogP contribution < -0.4 is 4.90 Å². The van der Waals surface area contributed by atoms with Crippen molar-refractivity contribution in [3.63, 3.8) is 0 Å². The van der Waals surface area contributed by atoms with Crippen LogP contribution in [0.15, 0.2) is 48.5 Å². The molecule has 2 aliphatic rings. The molecule has 6 nitrogen and oxygen atoms in total. The van der Waals surface area contributed by atoms with E-state index >= 15 is 0 Å². The van der Waals surface area contributed by atoms with Crippen molar-refractivity contribution in [2.45, 2.75) is 38.1 Å². The van der Waals surface area contributed by atoms with Crippen molar-refractivity contribution in [1.82, 2.24) is 14.5 Å². The van der Waals surface area contributed by atoms with E-state index in [0.29, 0.717) is 18.0 Å². The Kier molecular flexibility index (Phi) is 5.40. The number of nitrogens with zero attached hydrogens (tertiary/aromatic N) is 4. The van der Waals surface area contributed by atoms with Crippen molar-refractivity contribution >= 4 is 40.1 Å². The first-order valence-electron chi connectivity index (χ1n) is 10.9. The van der Waals surface area contributed by atoms with Crippen LogP contribution in [0, 0.1) is 0 Å². The minimum atomic E-state index is -0.0651. The van der Waals surface area contributed by atoms with Crippen LogP contribution in [0.25, 0.3) is 11.0 Å². The number of aromatic nitrogens is 2. The van der Waals surface area contributed by atoms with Crippen molar-refractivity contribution in [1.29, 1.82) is 0 Å². The van der Waals surface area contributed by atoms with Crippen molar-refractivity contribution in [3.05, 3.63) is 59.4 Å². The molecule has 1 aromatic heterocycles. The van der Waals surface area contributed by atoms with Crippen LogP contribution >= 0.6 is 11.6 Å². The fourth-order valence-corrected chi connectivity index (χ4v) is 4.83. The summed E-state index contributed by atoms with van der Waals surface area (Å²) in [6.07, 6.45) is 3.70. The maximum Gasteiger partial charge on any atom is 0.242 e. The Morgan fingerprint density at radius 3 is 2.55 bits per heavy atom. The first-order chi connectivity index (χ1) is 15.1. The summed E-state index contributed by atoms with van der Waals surface area (Å²) in [6, 6.07) is 15.2. The third kappa shape index (κ3) is 3.92. The third-order valence-corrected chi connectivity index (χ3v) is 6.57. The number of carbonyl (C=O) groups is 2. The SMILES string of the molecule is O=C(Cn1c(C2CC(=O)N(c3ccc(Cl)cc3)C2)nc2ccccc21)N1CCCCC1. The van der Waals surface area contributed by atoms with Crippen LogP contribution in [0.3, 0.4) is 0 Å². The van der Waals surface area contributed by atoms with Crippen molar-refractivity contribution in [2.24, 2.45) is 0 Å². The van der Waals surface area contributed by atoms with Gasteiger partial charge in [-0.25, -0.2) is 4.98 Å². The smallest absolute Gasteiger partial charge is 0.242 e. The summed E-state index contributed by atoms with van der Waals surface area (Å²) in [7, 11) is 0. The van der Waals surface area contributed by atoms with Crippen LogP contribution in [-0.2, 0) is 16.1 Å². The van der Waals surface area contributed by atoms with Gasteiger partial charge in [0, 0.05) is 42.7 Å². The average Bonchev–Trinajstić information content (AvgIpc) is 3.35. The van der Waals surface area contributed by atoms with Gasteiger partial charge in [0.25, 0.3) is 0 Å². The predicted octanol–water partition coefficient (Wildman–Crippen LogP) is 4.22. The van der Waals surface area contributed by atoms with Gasteiger partial charge in [0.05, 0.1) is 11.0 Å². The number of anilines is 1. The van der Waals surface area contributed by atoms with Crippen molar-refractivity contribution in [2.75, 3.05) is 24.5 Å². The second-order valence-corrected chi connectivity index (χ2v) is 8.80. The maximum atomic E-state index is 13.0. The molecule has 2 aromatic carbocycles. The quantitative estimate of drug-likeness (QED) is 0.615. The molecular weight excluding hydrogens is 412 g/mol. The topological polar surface area (TPSA) is 58.4 Å². The summed E-state index contributed by atoms with van der Waals surface area (Å²) < 4.78 is 2.02. The number of hydrogen-bond donors (Lipinski definition) is 0. The lowest BCUT2D eigenvalue weighted by molar-refractivity contribution is -0.132. The van der Waals surface area contributed by atoms with E-state index in [-0.39, 0.29) is 24.3 Å². The molecule has 0 bridgehead atoms. The summed E-state index contributed by atoms with van der Waals surface area (Å²) in [5.74, 6) is 0.942. The Hall–Kier alpha value is -2.86. The van der Waals surface area contributed by atoms with E-state index in [9.17, 15) is 9.59 Å². The molecule has 2 fully saturated rings.